The third kappa shape index (κ3) is 3.60. The van der Waals surface area contributed by atoms with Gasteiger partial charge < -0.3 is 19.1 Å². The van der Waals surface area contributed by atoms with E-state index in [-0.39, 0.29) is 24.7 Å². The van der Waals surface area contributed by atoms with Crippen LogP contribution in [0.1, 0.15) is 16.5 Å². The zero-order valence-corrected chi connectivity index (χ0v) is 14.5. The summed E-state index contributed by atoms with van der Waals surface area (Å²) in [4.78, 5) is 14.5. The first-order valence-corrected chi connectivity index (χ1v) is 9.28. The van der Waals surface area contributed by atoms with Crippen molar-refractivity contribution in [1.29, 1.82) is 0 Å². The number of benzene rings is 2. The van der Waals surface area contributed by atoms with Crippen molar-refractivity contribution in [2.24, 2.45) is 0 Å². The Morgan fingerprint density at radius 3 is 2.88 bits per heavy atom. The fraction of sp³-hybridized carbons (Fsp3) is 0.316. The fourth-order valence-corrected chi connectivity index (χ4v) is 4.25. The van der Waals surface area contributed by atoms with Gasteiger partial charge in [-0.1, -0.05) is 36.4 Å². The largest absolute Gasteiger partial charge is 0.454 e. The second-order valence-electron chi connectivity index (χ2n) is 5.90. The highest BCUT2D eigenvalue weighted by atomic mass is 32.2. The first-order chi connectivity index (χ1) is 12.3. The van der Waals surface area contributed by atoms with Crippen LogP contribution in [0.2, 0.25) is 0 Å². The molecular formula is C19H19NO4S. The molecule has 2 aliphatic rings. The van der Waals surface area contributed by atoms with E-state index in [1.165, 1.54) is 0 Å². The van der Waals surface area contributed by atoms with Crippen molar-refractivity contribution in [2.75, 3.05) is 25.7 Å². The van der Waals surface area contributed by atoms with Crippen LogP contribution in [0.5, 0.6) is 11.5 Å². The lowest BCUT2D eigenvalue weighted by Gasteiger charge is -2.24. The van der Waals surface area contributed by atoms with Gasteiger partial charge in [-0.15, -0.1) is 11.8 Å². The predicted molar refractivity (Wildman–Crippen MR) is 95.6 cm³/mol. The van der Waals surface area contributed by atoms with E-state index in [0.717, 1.165) is 34.9 Å². The number of amides is 1. The highest BCUT2D eigenvalue weighted by Gasteiger charge is 2.31. The second kappa shape index (κ2) is 7.37. The molecule has 1 fully saturated rings. The van der Waals surface area contributed by atoms with Gasteiger partial charge in [-0.2, -0.15) is 0 Å². The topological polar surface area (TPSA) is 48.0 Å². The van der Waals surface area contributed by atoms with Crippen molar-refractivity contribution in [1.82, 2.24) is 4.90 Å². The third-order valence-corrected chi connectivity index (χ3v) is 5.49. The molecule has 6 heteroatoms. The molecule has 2 aliphatic heterocycles. The Morgan fingerprint density at radius 1 is 1.16 bits per heavy atom. The third-order valence-electron chi connectivity index (χ3n) is 4.23. The lowest BCUT2D eigenvalue weighted by molar-refractivity contribution is -0.136. The highest BCUT2D eigenvalue weighted by Crippen LogP contribution is 2.42. The summed E-state index contributed by atoms with van der Waals surface area (Å²) in [7, 11) is 0. The fourth-order valence-electron chi connectivity index (χ4n) is 2.98. The van der Waals surface area contributed by atoms with Crippen LogP contribution in [0, 0.1) is 0 Å². The summed E-state index contributed by atoms with van der Waals surface area (Å²) < 4.78 is 16.4. The van der Waals surface area contributed by atoms with Crippen molar-refractivity contribution in [3.8, 4) is 11.5 Å². The maximum absolute atomic E-state index is 12.6. The summed E-state index contributed by atoms with van der Waals surface area (Å²) in [6.45, 7) is 1.53. The minimum atomic E-state index is 0.00215. The van der Waals surface area contributed by atoms with Crippen LogP contribution in [-0.2, 0) is 16.1 Å². The van der Waals surface area contributed by atoms with Gasteiger partial charge >= 0.3 is 0 Å². The van der Waals surface area contributed by atoms with Crippen molar-refractivity contribution in [3.63, 3.8) is 0 Å². The summed E-state index contributed by atoms with van der Waals surface area (Å²) in [6, 6.07) is 15.8. The zero-order chi connectivity index (χ0) is 17.1. The summed E-state index contributed by atoms with van der Waals surface area (Å²) in [6.07, 6.45) is 0. The summed E-state index contributed by atoms with van der Waals surface area (Å²) >= 11 is 1.76. The molecule has 0 N–H and O–H groups in total. The molecule has 0 unspecified atom stereocenters. The highest BCUT2D eigenvalue weighted by molar-refractivity contribution is 7.99. The molecule has 1 atom stereocenters. The molecule has 25 heavy (non-hydrogen) atoms. The number of hydrogen-bond donors (Lipinski definition) is 0. The summed E-state index contributed by atoms with van der Waals surface area (Å²) in [5.41, 5.74) is 2.13. The van der Waals surface area contributed by atoms with E-state index in [4.69, 9.17) is 14.2 Å². The lowest BCUT2D eigenvalue weighted by Crippen LogP contribution is -2.33. The molecule has 0 spiro atoms. The number of hydrogen-bond acceptors (Lipinski definition) is 5. The molecule has 2 heterocycles. The molecule has 1 saturated heterocycles. The van der Waals surface area contributed by atoms with Gasteiger partial charge in [-0.05, 0) is 23.3 Å². The van der Waals surface area contributed by atoms with E-state index in [1.807, 2.05) is 53.4 Å². The molecule has 0 radical (unpaired) electrons. The number of ether oxygens (including phenoxy) is 3. The van der Waals surface area contributed by atoms with Crippen molar-refractivity contribution in [3.05, 3.63) is 59.7 Å². The van der Waals surface area contributed by atoms with Crippen LogP contribution in [0.15, 0.2) is 48.5 Å². The molecule has 2 aromatic rings. The number of rotatable bonds is 5. The van der Waals surface area contributed by atoms with Crippen molar-refractivity contribution in [2.45, 2.75) is 12.0 Å². The van der Waals surface area contributed by atoms with Crippen molar-refractivity contribution < 1.29 is 19.0 Å². The van der Waals surface area contributed by atoms with E-state index in [2.05, 4.69) is 0 Å². The normalized spacial score (nSPS) is 18.6. The van der Waals surface area contributed by atoms with Crippen LogP contribution in [-0.4, -0.2) is 36.5 Å². The van der Waals surface area contributed by atoms with Crippen LogP contribution in [0.3, 0.4) is 0 Å². The molecular weight excluding hydrogens is 338 g/mol. The number of carbonyl (C=O) groups excluding carboxylic acids is 1. The molecule has 1 amide bonds. The standard InChI is InChI=1S/C19H19NO4S/c21-18(12-22-11-14-4-2-1-3-5-14)20-8-9-25-19(20)15-6-7-16-17(10-15)24-13-23-16/h1-7,10,19H,8-9,11-13H2/t19-/m1/s1. The SMILES string of the molecule is O=C(COCc1ccccc1)N1CCS[C@@H]1c1ccc2c(c1)OCO2. The first kappa shape index (κ1) is 16.3. The van der Waals surface area contributed by atoms with Crippen LogP contribution < -0.4 is 9.47 Å². The smallest absolute Gasteiger partial charge is 0.249 e. The minimum Gasteiger partial charge on any atom is -0.454 e. The number of carbonyl (C=O) groups is 1. The van der Waals surface area contributed by atoms with E-state index in [9.17, 15) is 4.79 Å². The van der Waals surface area contributed by atoms with Crippen LogP contribution >= 0.6 is 11.8 Å². The van der Waals surface area contributed by atoms with Gasteiger partial charge in [0.2, 0.25) is 12.7 Å². The van der Waals surface area contributed by atoms with Gasteiger partial charge in [-0.3, -0.25) is 4.79 Å². The Morgan fingerprint density at radius 2 is 2.00 bits per heavy atom. The van der Waals surface area contributed by atoms with E-state index in [1.54, 1.807) is 11.8 Å². The number of nitrogens with zero attached hydrogens (tertiary/aromatic N) is 1. The molecule has 0 bridgehead atoms. The molecule has 0 saturated carbocycles. The average Bonchev–Trinajstić information content (AvgIpc) is 3.31. The van der Waals surface area contributed by atoms with Gasteiger partial charge in [0.05, 0.1) is 6.61 Å². The molecule has 5 nitrogen and oxygen atoms in total. The van der Waals surface area contributed by atoms with Gasteiger partial charge in [0, 0.05) is 12.3 Å². The molecule has 4 rings (SSSR count). The van der Waals surface area contributed by atoms with Crippen molar-refractivity contribution >= 4 is 17.7 Å². The predicted octanol–water partition coefficient (Wildman–Crippen LogP) is 3.21. The quantitative estimate of drug-likeness (QED) is 0.822. The van der Waals surface area contributed by atoms with E-state index in [0.29, 0.717) is 6.61 Å². The Balaban J connectivity index is 1.38. The van der Waals surface area contributed by atoms with Gasteiger partial charge in [-0.25, -0.2) is 0 Å². The Labute approximate surface area is 150 Å². The van der Waals surface area contributed by atoms with Gasteiger partial charge in [0.25, 0.3) is 0 Å². The maximum Gasteiger partial charge on any atom is 0.249 e. The molecule has 0 aromatic heterocycles. The van der Waals surface area contributed by atoms with Crippen LogP contribution in [0.25, 0.3) is 0 Å². The van der Waals surface area contributed by atoms with E-state index < -0.39 is 0 Å². The summed E-state index contributed by atoms with van der Waals surface area (Å²) in [5.74, 6) is 2.45. The average molecular weight is 357 g/mol. The molecule has 0 aliphatic carbocycles. The minimum absolute atomic E-state index is 0.00215. The number of thioether (sulfide) groups is 1. The van der Waals surface area contributed by atoms with Crippen LogP contribution in [0.4, 0.5) is 0 Å². The Kier molecular flexibility index (Phi) is 4.81. The Hall–Kier alpha value is -2.18. The monoisotopic (exact) mass is 357 g/mol. The first-order valence-electron chi connectivity index (χ1n) is 8.23. The lowest BCUT2D eigenvalue weighted by atomic mass is 10.2. The molecule has 2 aromatic carbocycles. The molecule has 130 valence electrons. The second-order valence-corrected chi connectivity index (χ2v) is 7.09. The maximum atomic E-state index is 12.6. The zero-order valence-electron chi connectivity index (χ0n) is 13.7. The van der Waals surface area contributed by atoms with Gasteiger partial charge in [0.15, 0.2) is 11.5 Å². The van der Waals surface area contributed by atoms with Gasteiger partial charge in [0.1, 0.15) is 12.0 Å². The Bertz CT molecular complexity index is 752. The van der Waals surface area contributed by atoms with E-state index >= 15 is 0 Å². The number of fused-ring (bicyclic) bond motifs is 1. The summed E-state index contributed by atoms with van der Waals surface area (Å²) in [5, 5.41) is 0.00215.